The lowest BCUT2D eigenvalue weighted by Crippen LogP contribution is -2.04. The van der Waals surface area contributed by atoms with Crippen LogP contribution in [0.15, 0.2) is 11.0 Å². The SMILES string of the molecule is C/C(S)=C/C(C)(C)S. The molecule has 0 aliphatic heterocycles. The van der Waals surface area contributed by atoms with Gasteiger partial charge in [0.2, 0.25) is 0 Å². The second kappa shape index (κ2) is 2.83. The van der Waals surface area contributed by atoms with Crippen molar-refractivity contribution in [3.8, 4) is 0 Å². The summed E-state index contributed by atoms with van der Waals surface area (Å²) in [7, 11) is 0. The minimum absolute atomic E-state index is 0.0220. The van der Waals surface area contributed by atoms with Crippen LogP contribution in [0.1, 0.15) is 20.8 Å². The molecule has 0 aromatic heterocycles. The lowest BCUT2D eigenvalue weighted by atomic mass is 10.2. The molecule has 2 heteroatoms. The van der Waals surface area contributed by atoms with Gasteiger partial charge in [-0.15, -0.1) is 12.6 Å². The third-order valence-corrected chi connectivity index (χ3v) is 0.820. The van der Waals surface area contributed by atoms with Crippen molar-refractivity contribution in [2.24, 2.45) is 0 Å². The Bertz CT molecular complexity index is 93.6. The maximum atomic E-state index is 4.27. The maximum Gasteiger partial charge on any atom is 0.0262 e. The largest absolute Gasteiger partial charge is 0.169 e. The summed E-state index contributed by atoms with van der Waals surface area (Å²) < 4.78 is -0.0220. The van der Waals surface area contributed by atoms with Crippen LogP contribution in [-0.2, 0) is 0 Å². The molecule has 0 spiro atoms. The molecule has 0 unspecified atom stereocenters. The molecule has 0 amide bonds. The first-order chi connectivity index (χ1) is 3.42. The normalized spacial score (nSPS) is 14.4. The molecule has 0 heterocycles. The standard InChI is InChI=1S/C6H12S2/c1-5(7)4-6(2,3)8/h4,7-8H,1-3H3/b5-4-. The fourth-order valence-corrected chi connectivity index (χ4v) is 1.13. The van der Waals surface area contributed by atoms with E-state index < -0.39 is 0 Å². The minimum Gasteiger partial charge on any atom is -0.169 e. The van der Waals surface area contributed by atoms with E-state index in [1.165, 1.54) is 0 Å². The Morgan fingerprint density at radius 1 is 1.50 bits per heavy atom. The van der Waals surface area contributed by atoms with Gasteiger partial charge in [-0.1, -0.05) is 6.08 Å². The van der Waals surface area contributed by atoms with Gasteiger partial charge in [-0.05, 0) is 25.7 Å². The molecule has 0 aliphatic rings. The molecule has 0 atom stereocenters. The van der Waals surface area contributed by atoms with E-state index in [-0.39, 0.29) is 4.75 Å². The van der Waals surface area contributed by atoms with E-state index in [1.54, 1.807) is 0 Å². The Morgan fingerprint density at radius 3 is 1.88 bits per heavy atom. The fourth-order valence-electron chi connectivity index (χ4n) is 0.511. The Balaban J connectivity index is 3.89. The van der Waals surface area contributed by atoms with Gasteiger partial charge in [0.05, 0.1) is 0 Å². The fraction of sp³-hybridized carbons (Fsp3) is 0.667. The van der Waals surface area contributed by atoms with E-state index in [9.17, 15) is 0 Å². The van der Waals surface area contributed by atoms with E-state index in [0.717, 1.165) is 4.91 Å². The van der Waals surface area contributed by atoms with Crippen LogP contribution in [0.25, 0.3) is 0 Å². The highest BCUT2D eigenvalue weighted by atomic mass is 32.1. The predicted molar refractivity (Wildman–Crippen MR) is 45.8 cm³/mol. The zero-order valence-electron chi connectivity index (χ0n) is 5.47. The molecular weight excluding hydrogens is 136 g/mol. The molecule has 48 valence electrons. The molecule has 0 aromatic carbocycles. The number of allylic oxidation sites excluding steroid dienone is 1. The summed E-state index contributed by atoms with van der Waals surface area (Å²) in [5, 5.41) is 0. The molecule has 0 saturated heterocycles. The summed E-state index contributed by atoms with van der Waals surface area (Å²) in [5.74, 6) is 0. The van der Waals surface area contributed by atoms with Gasteiger partial charge in [0, 0.05) is 4.75 Å². The number of hydrogen-bond acceptors (Lipinski definition) is 2. The van der Waals surface area contributed by atoms with Crippen molar-refractivity contribution in [2.75, 3.05) is 0 Å². The first kappa shape index (κ1) is 8.44. The van der Waals surface area contributed by atoms with Crippen molar-refractivity contribution < 1.29 is 0 Å². The number of thiol groups is 2. The van der Waals surface area contributed by atoms with Crippen LogP contribution in [0.4, 0.5) is 0 Å². The van der Waals surface area contributed by atoms with Crippen molar-refractivity contribution in [3.05, 3.63) is 11.0 Å². The first-order valence-corrected chi connectivity index (χ1v) is 3.42. The molecule has 0 fully saturated rings. The third kappa shape index (κ3) is 6.44. The summed E-state index contributed by atoms with van der Waals surface area (Å²) in [6, 6.07) is 0. The van der Waals surface area contributed by atoms with Crippen LogP contribution in [0.2, 0.25) is 0 Å². The van der Waals surface area contributed by atoms with Gasteiger partial charge in [-0.2, -0.15) is 12.6 Å². The van der Waals surface area contributed by atoms with E-state index in [4.69, 9.17) is 0 Å². The molecule has 0 aliphatic carbocycles. The Labute approximate surface area is 62.2 Å². The Morgan fingerprint density at radius 2 is 1.88 bits per heavy atom. The molecule has 0 N–H and O–H groups in total. The van der Waals surface area contributed by atoms with Crippen molar-refractivity contribution in [1.29, 1.82) is 0 Å². The molecular formula is C6H12S2. The van der Waals surface area contributed by atoms with Gasteiger partial charge >= 0.3 is 0 Å². The molecule has 8 heavy (non-hydrogen) atoms. The smallest absolute Gasteiger partial charge is 0.0262 e. The summed E-state index contributed by atoms with van der Waals surface area (Å²) in [6.45, 7) is 5.99. The zero-order valence-corrected chi connectivity index (χ0v) is 7.26. The van der Waals surface area contributed by atoms with E-state index in [1.807, 2.05) is 26.8 Å². The lowest BCUT2D eigenvalue weighted by Gasteiger charge is -2.10. The van der Waals surface area contributed by atoms with Crippen LogP contribution in [0.3, 0.4) is 0 Å². The predicted octanol–water partition coefficient (Wildman–Crippen LogP) is 2.53. The van der Waals surface area contributed by atoms with E-state index in [0.29, 0.717) is 0 Å². The Hall–Kier alpha value is 0.440. The molecule has 0 radical (unpaired) electrons. The second-order valence-electron chi connectivity index (χ2n) is 2.44. The highest BCUT2D eigenvalue weighted by molar-refractivity contribution is 7.84. The number of hydrogen-bond donors (Lipinski definition) is 2. The summed E-state index contributed by atoms with van der Waals surface area (Å²) >= 11 is 8.37. The first-order valence-electron chi connectivity index (χ1n) is 2.52. The third-order valence-electron chi connectivity index (χ3n) is 0.562. The molecule has 0 saturated carbocycles. The van der Waals surface area contributed by atoms with Gasteiger partial charge in [0.25, 0.3) is 0 Å². The van der Waals surface area contributed by atoms with Gasteiger partial charge in [-0.3, -0.25) is 0 Å². The summed E-state index contributed by atoms with van der Waals surface area (Å²) in [6.07, 6.45) is 2.00. The van der Waals surface area contributed by atoms with Crippen molar-refractivity contribution in [3.63, 3.8) is 0 Å². The zero-order chi connectivity index (χ0) is 6.78. The number of rotatable bonds is 1. The van der Waals surface area contributed by atoms with Crippen LogP contribution in [0.5, 0.6) is 0 Å². The van der Waals surface area contributed by atoms with Crippen LogP contribution >= 0.6 is 25.3 Å². The van der Waals surface area contributed by atoms with Crippen LogP contribution in [0, 0.1) is 0 Å². The molecule has 0 nitrogen and oxygen atoms in total. The van der Waals surface area contributed by atoms with E-state index in [2.05, 4.69) is 25.3 Å². The van der Waals surface area contributed by atoms with E-state index >= 15 is 0 Å². The van der Waals surface area contributed by atoms with Gasteiger partial charge in [-0.25, -0.2) is 0 Å². The topological polar surface area (TPSA) is 0 Å². The highest BCUT2D eigenvalue weighted by Crippen LogP contribution is 2.16. The van der Waals surface area contributed by atoms with Crippen molar-refractivity contribution in [2.45, 2.75) is 25.5 Å². The monoisotopic (exact) mass is 148 g/mol. The minimum atomic E-state index is -0.0220. The summed E-state index contributed by atoms with van der Waals surface area (Å²) in [4.78, 5) is 1.02. The lowest BCUT2D eigenvalue weighted by molar-refractivity contribution is 0.905. The second-order valence-corrected chi connectivity index (χ2v) is 4.30. The quantitative estimate of drug-likeness (QED) is 0.525. The molecule has 0 rings (SSSR count). The van der Waals surface area contributed by atoms with Gasteiger partial charge in [0.15, 0.2) is 0 Å². The maximum absolute atomic E-state index is 4.27. The van der Waals surface area contributed by atoms with Crippen molar-refractivity contribution >= 4 is 25.3 Å². The molecule has 0 bridgehead atoms. The van der Waals surface area contributed by atoms with Gasteiger partial charge in [0.1, 0.15) is 0 Å². The average molecular weight is 148 g/mol. The highest BCUT2D eigenvalue weighted by Gasteiger charge is 2.04. The Kier molecular flexibility index (Phi) is 2.99. The van der Waals surface area contributed by atoms with Crippen LogP contribution < -0.4 is 0 Å². The molecule has 0 aromatic rings. The van der Waals surface area contributed by atoms with Gasteiger partial charge < -0.3 is 0 Å². The van der Waals surface area contributed by atoms with Crippen molar-refractivity contribution in [1.82, 2.24) is 0 Å². The average Bonchev–Trinajstić information content (AvgIpc) is 1.21. The van der Waals surface area contributed by atoms with Crippen LogP contribution in [-0.4, -0.2) is 4.75 Å². The summed E-state index contributed by atoms with van der Waals surface area (Å²) in [5.41, 5.74) is 0.